The summed E-state index contributed by atoms with van der Waals surface area (Å²) in [6, 6.07) is 0. The summed E-state index contributed by atoms with van der Waals surface area (Å²) in [6.45, 7) is 4.69. The minimum absolute atomic E-state index is 0.181. The van der Waals surface area contributed by atoms with E-state index >= 15 is 0 Å². The number of hydrogen-bond donors (Lipinski definition) is 1. The van der Waals surface area contributed by atoms with Crippen LogP contribution < -0.4 is 0 Å². The van der Waals surface area contributed by atoms with Crippen LogP contribution in [0.25, 0.3) is 0 Å². The van der Waals surface area contributed by atoms with Gasteiger partial charge in [-0.3, -0.25) is 9.59 Å². The van der Waals surface area contributed by atoms with Crippen LogP contribution in [0.5, 0.6) is 0 Å². The van der Waals surface area contributed by atoms with Crippen molar-refractivity contribution in [3.63, 3.8) is 0 Å². The van der Waals surface area contributed by atoms with Crippen molar-refractivity contribution in [1.82, 2.24) is 0 Å². The van der Waals surface area contributed by atoms with Crippen LogP contribution in [0, 0.1) is 0 Å². The highest BCUT2D eigenvalue weighted by Crippen LogP contribution is 2.16. The molecule has 9 nitrogen and oxygen atoms in total. The molecule has 0 fully saturated rings. The number of unbranched alkanes of at least 4 members (excludes halogenated alkanes) is 22. The Bertz CT molecular complexity index is 1230. The average molecular weight is 901 g/mol. The molecule has 0 saturated carbocycles. The van der Waals surface area contributed by atoms with Gasteiger partial charge in [0.05, 0.1) is 34.4 Å². The Labute approximate surface area is 393 Å². The van der Waals surface area contributed by atoms with Crippen molar-refractivity contribution in [1.29, 1.82) is 0 Å². The standard InChI is InChI=1S/C55H97NO8/c1-6-8-10-12-14-15-16-17-18-19-20-21-22-23-24-25-26-27-28-29-30-31-32-33-34-35-36-37-38-39-40-42-44-46-53(58)64-51(49-62-52(57)45-43-41-13-11-9-7-2)50-63-55(54(59)60)61-48-47-56(3,4)5/h8,10,14-15,17-18,20-21,23-24,51,55H,6-7,9,11-13,16,19,22,25-50H2,1-5H3/p+1/b10-8-,15-14-,18-17-,21-20-,24-23-. The van der Waals surface area contributed by atoms with E-state index in [9.17, 15) is 19.5 Å². The number of aliphatic carboxylic acids is 1. The van der Waals surface area contributed by atoms with Gasteiger partial charge < -0.3 is 28.5 Å². The van der Waals surface area contributed by atoms with Gasteiger partial charge >= 0.3 is 17.9 Å². The zero-order chi connectivity index (χ0) is 47.0. The Hall–Kier alpha value is -3.01. The summed E-state index contributed by atoms with van der Waals surface area (Å²) in [5.74, 6) is -2.01. The molecule has 0 aliphatic heterocycles. The van der Waals surface area contributed by atoms with Crippen LogP contribution in [-0.4, -0.2) is 87.4 Å². The zero-order valence-electron chi connectivity index (χ0n) is 41.9. The van der Waals surface area contributed by atoms with Crippen LogP contribution in [0.1, 0.15) is 213 Å². The van der Waals surface area contributed by atoms with Gasteiger partial charge in [0.1, 0.15) is 13.2 Å². The number of hydrogen-bond acceptors (Lipinski definition) is 7. The first-order valence-electron chi connectivity index (χ1n) is 26.0. The number of esters is 2. The molecular weight excluding hydrogens is 803 g/mol. The second-order valence-corrected chi connectivity index (χ2v) is 18.5. The molecule has 0 saturated heterocycles. The van der Waals surface area contributed by atoms with Crippen LogP contribution in [-0.2, 0) is 33.3 Å². The first-order chi connectivity index (χ1) is 31.1. The first kappa shape index (κ1) is 61.0. The Morgan fingerprint density at radius 3 is 1.33 bits per heavy atom. The Morgan fingerprint density at radius 1 is 0.484 bits per heavy atom. The van der Waals surface area contributed by atoms with Crippen molar-refractivity contribution in [2.45, 2.75) is 225 Å². The maximum Gasteiger partial charge on any atom is 0.361 e. The van der Waals surface area contributed by atoms with E-state index in [2.05, 4.69) is 74.6 Å². The molecule has 0 heterocycles. The fourth-order valence-corrected chi connectivity index (χ4v) is 7.04. The highest BCUT2D eigenvalue weighted by Gasteiger charge is 2.25. The van der Waals surface area contributed by atoms with E-state index in [0.717, 1.165) is 70.6 Å². The molecule has 370 valence electrons. The lowest BCUT2D eigenvalue weighted by atomic mass is 10.0. The lowest BCUT2D eigenvalue weighted by Crippen LogP contribution is -2.40. The third kappa shape index (κ3) is 47.0. The van der Waals surface area contributed by atoms with E-state index in [0.29, 0.717) is 17.4 Å². The van der Waals surface area contributed by atoms with E-state index < -0.39 is 24.3 Å². The molecule has 2 atom stereocenters. The summed E-state index contributed by atoms with van der Waals surface area (Å²) < 4.78 is 22.6. The fraction of sp³-hybridized carbons (Fsp3) is 0.764. The average Bonchev–Trinajstić information content (AvgIpc) is 3.26. The van der Waals surface area contributed by atoms with E-state index in [1.807, 2.05) is 21.1 Å². The number of nitrogens with zero attached hydrogens (tertiary/aromatic N) is 1. The smallest absolute Gasteiger partial charge is 0.361 e. The summed E-state index contributed by atoms with van der Waals surface area (Å²) in [6.07, 6.45) is 54.9. The molecule has 0 aromatic carbocycles. The second-order valence-electron chi connectivity index (χ2n) is 18.5. The molecule has 2 unspecified atom stereocenters. The number of rotatable bonds is 47. The number of carbonyl (C=O) groups is 3. The SMILES string of the molecule is CC/C=C\C/C=C\C/C=C\C/C=C\C/C=C\CCCCCCCCCCCCCCCCCCCC(=O)OC(COC(=O)CCCCCCCC)COC(OCC[N+](C)(C)C)C(=O)O. The first-order valence-corrected chi connectivity index (χ1v) is 26.0. The van der Waals surface area contributed by atoms with Gasteiger partial charge in [-0.15, -0.1) is 0 Å². The Balaban J connectivity index is 3.97. The molecule has 0 spiro atoms. The van der Waals surface area contributed by atoms with Crippen molar-refractivity contribution in [2.75, 3.05) is 47.5 Å². The van der Waals surface area contributed by atoms with Crippen molar-refractivity contribution in [3.05, 3.63) is 60.8 Å². The van der Waals surface area contributed by atoms with Crippen molar-refractivity contribution < 1.29 is 42.9 Å². The lowest BCUT2D eigenvalue weighted by molar-refractivity contribution is -0.870. The van der Waals surface area contributed by atoms with Gasteiger partial charge in [0.2, 0.25) is 0 Å². The quantitative estimate of drug-likeness (QED) is 0.0211. The lowest BCUT2D eigenvalue weighted by Gasteiger charge is -2.25. The molecule has 1 N–H and O–H groups in total. The van der Waals surface area contributed by atoms with Gasteiger partial charge in [-0.25, -0.2) is 4.79 Å². The number of carboxylic acids is 1. The van der Waals surface area contributed by atoms with Gasteiger partial charge in [-0.05, 0) is 57.8 Å². The van der Waals surface area contributed by atoms with Crippen molar-refractivity contribution in [3.8, 4) is 0 Å². The van der Waals surface area contributed by atoms with Crippen LogP contribution in [0.4, 0.5) is 0 Å². The highest BCUT2D eigenvalue weighted by atomic mass is 16.7. The van der Waals surface area contributed by atoms with Crippen LogP contribution in [0.3, 0.4) is 0 Å². The molecular formula is C55H98NO8+. The Morgan fingerprint density at radius 2 is 0.891 bits per heavy atom. The number of quaternary nitrogens is 1. The van der Waals surface area contributed by atoms with E-state index in [4.69, 9.17) is 18.9 Å². The van der Waals surface area contributed by atoms with Gasteiger partial charge in [-0.1, -0.05) is 203 Å². The van der Waals surface area contributed by atoms with Crippen molar-refractivity contribution in [2.24, 2.45) is 0 Å². The van der Waals surface area contributed by atoms with Crippen LogP contribution in [0.15, 0.2) is 60.8 Å². The third-order valence-corrected chi connectivity index (χ3v) is 11.0. The monoisotopic (exact) mass is 901 g/mol. The number of carboxylic acid groups (broad SMARTS) is 1. The Kier molecular flexibility index (Phi) is 44.3. The summed E-state index contributed by atoms with van der Waals surface area (Å²) in [5, 5.41) is 9.61. The van der Waals surface area contributed by atoms with Gasteiger partial charge in [0.25, 0.3) is 6.29 Å². The third-order valence-electron chi connectivity index (χ3n) is 11.0. The molecule has 64 heavy (non-hydrogen) atoms. The van der Waals surface area contributed by atoms with Crippen LogP contribution in [0.2, 0.25) is 0 Å². The molecule has 0 aliphatic carbocycles. The molecule has 0 aliphatic rings. The summed E-state index contributed by atoms with van der Waals surface area (Å²) in [7, 11) is 5.95. The second kappa shape index (κ2) is 46.5. The van der Waals surface area contributed by atoms with Gasteiger partial charge in [-0.2, -0.15) is 0 Å². The maximum absolute atomic E-state index is 12.8. The molecule has 0 aromatic heterocycles. The van der Waals surface area contributed by atoms with Gasteiger partial charge in [0.15, 0.2) is 6.10 Å². The molecule has 0 aromatic rings. The molecule has 0 radical (unpaired) electrons. The van der Waals surface area contributed by atoms with Crippen LogP contribution >= 0.6 is 0 Å². The summed E-state index contributed by atoms with van der Waals surface area (Å²) >= 11 is 0. The number of ether oxygens (including phenoxy) is 4. The molecule has 9 heteroatoms. The largest absolute Gasteiger partial charge is 0.477 e. The predicted molar refractivity (Wildman–Crippen MR) is 267 cm³/mol. The number of carbonyl (C=O) groups excluding carboxylic acids is 2. The summed E-state index contributed by atoms with van der Waals surface area (Å²) in [5.41, 5.74) is 0. The topological polar surface area (TPSA) is 108 Å². The van der Waals surface area contributed by atoms with E-state index in [1.54, 1.807) is 0 Å². The minimum Gasteiger partial charge on any atom is -0.477 e. The molecule has 0 rings (SSSR count). The molecule has 0 amide bonds. The highest BCUT2D eigenvalue weighted by molar-refractivity contribution is 5.71. The predicted octanol–water partition coefficient (Wildman–Crippen LogP) is 14.5. The van der Waals surface area contributed by atoms with E-state index in [-0.39, 0.29) is 32.2 Å². The maximum atomic E-state index is 12.8. The molecule has 0 bridgehead atoms. The van der Waals surface area contributed by atoms with Gasteiger partial charge in [0, 0.05) is 12.8 Å². The number of likely N-dealkylation sites (N-methyl/N-ethyl adjacent to an activating group) is 1. The van der Waals surface area contributed by atoms with Crippen molar-refractivity contribution >= 4 is 17.9 Å². The normalized spacial score (nSPS) is 13.3. The fourth-order valence-electron chi connectivity index (χ4n) is 7.04. The minimum atomic E-state index is -1.51. The summed E-state index contributed by atoms with van der Waals surface area (Å²) in [4.78, 5) is 36.9. The number of allylic oxidation sites excluding steroid dienone is 10. The zero-order valence-corrected chi connectivity index (χ0v) is 41.9. The van der Waals surface area contributed by atoms with E-state index in [1.165, 1.54) is 116 Å².